The van der Waals surface area contributed by atoms with E-state index in [1.54, 1.807) is 30.0 Å². The van der Waals surface area contributed by atoms with Crippen molar-refractivity contribution in [3.05, 3.63) is 44.6 Å². The predicted octanol–water partition coefficient (Wildman–Crippen LogP) is 3.81. The molecule has 0 aliphatic carbocycles. The molecule has 0 unspecified atom stereocenters. The monoisotopic (exact) mass is 356 g/mol. The average Bonchev–Trinajstić information content (AvgIpc) is 2.66. The lowest BCUT2D eigenvalue weighted by atomic mass is 10.1. The number of ether oxygens (including phenoxy) is 1. The summed E-state index contributed by atoms with van der Waals surface area (Å²) in [6.07, 6.45) is 0. The summed E-state index contributed by atoms with van der Waals surface area (Å²) < 4.78 is 7.51. The third-order valence-corrected chi connectivity index (χ3v) is 4.23. The van der Waals surface area contributed by atoms with Crippen LogP contribution in [-0.2, 0) is 6.54 Å². The van der Waals surface area contributed by atoms with Gasteiger partial charge in [0.05, 0.1) is 28.0 Å². The third kappa shape index (κ3) is 2.88. The van der Waals surface area contributed by atoms with E-state index >= 15 is 0 Å². The van der Waals surface area contributed by atoms with Gasteiger partial charge in [0.2, 0.25) is 0 Å². The fourth-order valence-electron chi connectivity index (χ4n) is 1.90. The van der Waals surface area contributed by atoms with Crippen LogP contribution in [0.3, 0.4) is 0 Å². The van der Waals surface area contributed by atoms with Gasteiger partial charge in [0, 0.05) is 5.56 Å². The molecule has 0 saturated carbocycles. The van der Waals surface area contributed by atoms with Gasteiger partial charge >= 0.3 is 0 Å². The first kappa shape index (κ1) is 15.1. The van der Waals surface area contributed by atoms with E-state index in [4.69, 9.17) is 16.3 Å². The molecule has 0 fully saturated rings. The number of halogens is 2. The van der Waals surface area contributed by atoms with Crippen molar-refractivity contribution in [2.75, 3.05) is 7.11 Å². The fourth-order valence-corrected chi connectivity index (χ4v) is 2.57. The lowest BCUT2D eigenvalue weighted by molar-refractivity contribution is 0.0966. The van der Waals surface area contributed by atoms with Crippen LogP contribution >= 0.6 is 27.5 Å². The summed E-state index contributed by atoms with van der Waals surface area (Å²) in [5.41, 5.74) is 2.12. The minimum atomic E-state index is -0.0318. The van der Waals surface area contributed by atoms with E-state index in [0.29, 0.717) is 16.3 Å². The second-order valence-corrected chi connectivity index (χ2v) is 5.65. The second kappa shape index (κ2) is 5.97. The van der Waals surface area contributed by atoms with Crippen molar-refractivity contribution in [2.45, 2.75) is 20.4 Å². The molecule has 0 amide bonds. The van der Waals surface area contributed by atoms with Crippen LogP contribution in [0.15, 0.2) is 22.7 Å². The molecule has 1 aromatic heterocycles. The Balaban J connectivity index is 2.24. The maximum atomic E-state index is 12.3. The van der Waals surface area contributed by atoms with Gasteiger partial charge in [-0.3, -0.25) is 9.48 Å². The zero-order chi connectivity index (χ0) is 14.9. The molecule has 2 aromatic rings. The summed E-state index contributed by atoms with van der Waals surface area (Å²) in [5, 5.41) is 4.86. The number of benzene rings is 1. The molecule has 0 atom stereocenters. The van der Waals surface area contributed by atoms with Gasteiger partial charge in [0.15, 0.2) is 5.78 Å². The van der Waals surface area contributed by atoms with E-state index in [1.165, 1.54) is 0 Å². The number of hydrogen-bond donors (Lipinski definition) is 0. The highest BCUT2D eigenvalue weighted by atomic mass is 79.9. The van der Waals surface area contributed by atoms with Gasteiger partial charge in [-0.2, -0.15) is 5.10 Å². The van der Waals surface area contributed by atoms with Crippen LogP contribution in [-0.4, -0.2) is 22.7 Å². The van der Waals surface area contributed by atoms with E-state index in [1.807, 2.05) is 13.8 Å². The van der Waals surface area contributed by atoms with Crippen LogP contribution < -0.4 is 4.74 Å². The van der Waals surface area contributed by atoms with Crippen LogP contribution in [0.4, 0.5) is 0 Å². The van der Waals surface area contributed by atoms with Crippen LogP contribution in [0.2, 0.25) is 5.02 Å². The number of ketones is 1. The summed E-state index contributed by atoms with van der Waals surface area (Å²) in [6, 6.07) is 5.24. The van der Waals surface area contributed by atoms with Gasteiger partial charge in [-0.1, -0.05) is 11.6 Å². The molecule has 6 heteroatoms. The van der Waals surface area contributed by atoms with Crippen molar-refractivity contribution >= 4 is 33.3 Å². The Kier molecular flexibility index (Phi) is 4.50. The van der Waals surface area contributed by atoms with Gasteiger partial charge in [-0.15, -0.1) is 0 Å². The van der Waals surface area contributed by atoms with Gasteiger partial charge in [0.1, 0.15) is 12.3 Å². The van der Waals surface area contributed by atoms with Crippen molar-refractivity contribution in [1.29, 1.82) is 0 Å². The molecule has 0 saturated heterocycles. The van der Waals surface area contributed by atoms with Crippen molar-refractivity contribution in [3.63, 3.8) is 0 Å². The first-order valence-corrected chi connectivity index (χ1v) is 7.17. The standard InChI is InChI=1S/C14H14BrClN2O2/c1-8-14(16)9(2)18(17-8)7-12(19)10-4-5-13(20-3)11(15)6-10/h4-6H,7H2,1-3H3. The molecule has 1 heterocycles. The van der Waals surface area contributed by atoms with Crippen molar-refractivity contribution in [2.24, 2.45) is 0 Å². The largest absolute Gasteiger partial charge is 0.496 e. The number of rotatable bonds is 4. The second-order valence-electron chi connectivity index (χ2n) is 4.41. The van der Waals surface area contributed by atoms with Crippen molar-refractivity contribution in [1.82, 2.24) is 9.78 Å². The van der Waals surface area contributed by atoms with E-state index in [9.17, 15) is 4.79 Å². The number of Topliss-reactive ketones (excluding diaryl/α,β-unsaturated/α-hetero) is 1. The van der Waals surface area contributed by atoms with E-state index in [-0.39, 0.29) is 12.3 Å². The highest BCUT2D eigenvalue weighted by molar-refractivity contribution is 9.10. The smallest absolute Gasteiger partial charge is 0.184 e. The molecule has 0 bridgehead atoms. The fraction of sp³-hybridized carbons (Fsp3) is 0.286. The normalized spacial score (nSPS) is 10.7. The van der Waals surface area contributed by atoms with Crippen molar-refractivity contribution < 1.29 is 9.53 Å². The minimum absolute atomic E-state index is 0.0318. The summed E-state index contributed by atoms with van der Waals surface area (Å²) in [5.74, 6) is 0.659. The molecular formula is C14H14BrClN2O2. The number of methoxy groups -OCH3 is 1. The zero-order valence-corrected chi connectivity index (χ0v) is 13.7. The third-order valence-electron chi connectivity index (χ3n) is 3.06. The molecule has 1 aromatic carbocycles. The molecule has 4 nitrogen and oxygen atoms in total. The summed E-state index contributed by atoms with van der Waals surface area (Å²) in [6.45, 7) is 3.83. The number of hydrogen-bond acceptors (Lipinski definition) is 3. The van der Waals surface area contributed by atoms with Crippen LogP contribution in [0.1, 0.15) is 21.7 Å². The van der Waals surface area contributed by atoms with E-state index in [0.717, 1.165) is 15.9 Å². The average molecular weight is 358 g/mol. The molecule has 0 spiro atoms. The van der Waals surface area contributed by atoms with E-state index in [2.05, 4.69) is 21.0 Å². The number of nitrogens with zero attached hydrogens (tertiary/aromatic N) is 2. The Morgan fingerprint density at radius 1 is 1.45 bits per heavy atom. The lowest BCUT2D eigenvalue weighted by Crippen LogP contribution is -2.13. The molecule has 106 valence electrons. The maximum Gasteiger partial charge on any atom is 0.184 e. The molecule has 0 radical (unpaired) electrons. The molecule has 20 heavy (non-hydrogen) atoms. The van der Waals surface area contributed by atoms with Gasteiger partial charge in [-0.25, -0.2) is 0 Å². The van der Waals surface area contributed by atoms with Gasteiger partial charge in [0.25, 0.3) is 0 Å². The molecule has 0 aliphatic heterocycles. The van der Waals surface area contributed by atoms with Crippen LogP contribution in [0, 0.1) is 13.8 Å². The first-order valence-electron chi connectivity index (χ1n) is 6.00. The molecule has 0 N–H and O–H groups in total. The lowest BCUT2D eigenvalue weighted by Gasteiger charge is -2.07. The zero-order valence-electron chi connectivity index (χ0n) is 11.4. The molecule has 0 aliphatic rings. The summed E-state index contributed by atoms with van der Waals surface area (Å²) >= 11 is 9.44. The Hall–Kier alpha value is -1.33. The maximum absolute atomic E-state index is 12.3. The van der Waals surface area contributed by atoms with Gasteiger partial charge < -0.3 is 4.74 Å². The Labute approximate surface area is 130 Å². The molecular weight excluding hydrogens is 344 g/mol. The van der Waals surface area contributed by atoms with Crippen LogP contribution in [0.5, 0.6) is 5.75 Å². The quantitative estimate of drug-likeness (QED) is 0.782. The number of carbonyl (C=O) groups is 1. The van der Waals surface area contributed by atoms with Gasteiger partial charge in [-0.05, 0) is 48.0 Å². The van der Waals surface area contributed by atoms with E-state index < -0.39 is 0 Å². The summed E-state index contributed by atoms with van der Waals surface area (Å²) in [7, 11) is 1.58. The number of aryl methyl sites for hydroxylation is 1. The topological polar surface area (TPSA) is 44.1 Å². The summed E-state index contributed by atoms with van der Waals surface area (Å²) in [4.78, 5) is 12.3. The predicted molar refractivity (Wildman–Crippen MR) is 81.7 cm³/mol. The Morgan fingerprint density at radius 2 is 2.15 bits per heavy atom. The van der Waals surface area contributed by atoms with Crippen molar-refractivity contribution in [3.8, 4) is 5.75 Å². The highest BCUT2D eigenvalue weighted by Crippen LogP contribution is 2.26. The number of aromatic nitrogens is 2. The SMILES string of the molecule is COc1ccc(C(=O)Cn2nc(C)c(Cl)c2C)cc1Br. The number of carbonyl (C=O) groups excluding carboxylic acids is 1. The molecule has 2 rings (SSSR count). The minimum Gasteiger partial charge on any atom is -0.496 e. The highest BCUT2D eigenvalue weighted by Gasteiger charge is 2.14. The Morgan fingerprint density at radius 3 is 2.65 bits per heavy atom. The first-order chi connectivity index (χ1) is 9.43. The van der Waals surface area contributed by atoms with Crippen LogP contribution in [0.25, 0.3) is 0 Å². The Bertz CT molecular complexity index is 667.